The number of allylic oxidation sites excluding steroid dienone is 2. The second-order valence-corrected chi connectivity index (χ2v) is 7.38. The van der Waals surface area contributed by atoms with Crippen molar-refractivity contribution in [3.8, 4) is 0 Å². The molecular formula is C20H17ClN2S2. The quantitative estimate of drug-likeness (QED) is 0.353. The van der Waals surface area contributed by atoms with E-state index in [1.165, 1.54) is 4.91 Å². The van der Waals surface area contributed by atoms with Crippen molar-refractivity contribution in [1.29, 1.82) is 0 Å². The highest BCUT2D eigenvalue weighted by Crippen LogP contribution is 2.43. The van der Waals surface area contributed by atoms with E-state index in [0.717, 1.165) is 33.2 Å². The fourth-order valence-electron chi connectivity index (χ4n) is 2.52. The minimum absolute atomic E-state index is 0.607. The molecule has 0 N–H and O–H groups in total. The van der Waals surface area contributed by atoms with Crippen LogP contribution in [0.15, 0.2) is 87.9 Å². The zero-order chi connectivity index (χ0) is 17.8. The summed E-state index contributed by atoms with van der Waals surface area (Å²) in [6.45, 7) is 7.89. The van der Waals surface area contributed by atoms with Crippen molar-refractivity contribution in [2.75, 3.05) is 5.01 Å². The SMILES string of the molecule is C=NN(C(=C)C1=CCC=C(c2cccc(S)c2)S1)c1ccccc1Cl. The van der Waals surface area contributed by atoms with Crippen molar-refractivity contribution < 1.29 is 0 Å². The number of rotatable bonds is 5. The Balaban J connectivity index is 1.84. The zero-order valence-corrected chi connectivity index (χ0v) is 16.0. The first-order valence-corrected chi connectivity index (χ1v) is 9.32. The summed E-state index contributed by atoms with van der Waals surface area (Å²) in [5.41, 5.74) is 2.66. The van der Waals surface area contributed by atoms with E-state index in [0.29, 0.717) is 5.02 Å². The summed E-state index contributed by atoms with van der Waals surface area (Å²) < 4.78 is 0. The molecule has 1 heterocycles. The van der Waals surface area contributed by atoms with Gasteiger partial charge in [-0.05, 0) is 36.2 Å². The van der Waals surface area contributed by atoms with E-state index in [-0.39, 0.29) is 0 Å². The Kier molecular flexibility index (Phi) is 5.74. The van der Waals surface area contributed by atoms with E-state index < -0.39 is 0 Å². The number of nitrogens with zero attached hydrogens (tertiary/aromatic N) is 2. The smallest absolute Gasteiger partial charge is 0.0838 e. The van der Waals surface area contributed by atoms with Crippen LogP contribution in [0.3, 0.4) is 0 Å². The Labute approximate surface area is 163 Å². The number of halogens is 1. The molecule has 1 aliphatic heterocycles. The van der Waals surface area contributed by atoms with Crippen molar-refractivity contribution in [2.45, 2.75) is 11.3 Å². The molecule has 2 aromatic carbocycles. The van der Waals surface area contributed by atoms with Crippen LogP contribution in [0.1, 0.15) is 12.0 Å². The maximum Gasteiger partial charge on any atom is 0.0838 e. The molecular weight excluding hydrogens is 368 g/mol. The summed E-state index contributed by atoms with van der Waals surface area (Å²) in [4.78, 5) is 3.16. The first-order valence-electron chi connectivity index (χ1n) is 7.68. The van der Waals surface area contributed by atoms with Gasteiger partial charge in [-0.15, -0.1) is 12.6 Å². The lowest BCUT2D eigenvalue weighted by molar-refractivity contribution is 1.04. The zero-order valence-electron chi connectivity index (χ0n) is 13.5. The van der Waals surface area contributed by atoms with Gasteiger partial charge in [-0.3, -0.25) is 0 Å². The number of hydrogen-bond donors (Lipinski definition) is 1. The van der Waals surface area contributed by atoms with Gasteiger partial charge in [0.25, 0.3) is 0 Å². The Hall–Kier alpha value is -1.88. The van der Waals surface area contributed by atoms with Gasteiger partial charge in [0.2, 0.25) is 0 Å². The third-order valence-corrected chi connectivity index (χ3v) is 5.56. The number of hydrogen-bond acceptors (Lipinski definition) is 4. The third-order valence-electron chi connectivity index (χ3n) is 3.72. The van der Waals surface area contributed by atoms with E-state index in [9.17, 15) is 0 Å². The second-order valence-electron chi connectivity index (χ2n) is 5.38. The first kappa shape index (κ1) is 17.9. The maximum absolute atomic E-state index is 6.31. The van der Waals surface area contributed by atoms with Crippen molar-refractivity contribution in [2.24, 2.45) is 5.10 Å². The minimum atomic E-state index is 0.607. The molecule has 3 rings (SSSR count). The lowest BCUT2D eigenvalue weighted by atomic mass is 10.2. The fourth-order valence-corrected chi connectivity index (χ4v) is 4.01. The molecule has 0 bridgehead atoms. The lowest BCUT2D eigenvalue weighted by Gasteiger charge is -2.25. The van der Waals surface area contributed by atoms with Crippen LogP contribution in [-0.4, -0.2) is 6.72 Å². The minimum Gasteiger partial charge on any atom is -0.232 e. The largest absolute Gasteiger partial charge is 0.232 e. The number of para-hydroxylation sites is 1. The van der Waals surface area contributed by atoms with Gasteiger partial charge in [-0.25, -0.2) is 5.01 Å². The molecule has 0 atom stereocenters. The highest BCUT2D eigenvalue weighted by atomic mass is 35.5. The van der Waals surface area contributed by atoms with Gasteiger partial charge in [0, 0.05) is 21.4 Å². The van der Waals surface area contributed by atoms with Crippen LogP contribution in [0.2, 0.25) is 5.02 Å². The summed E-state index contributed by atoms with van der Waals surface area (Å²) in [6.07, 6.45) is 5.17. The number of thioether (sulfide) groups is 1. The second kappa shape index (κ2) is 8.00. The number of anilines is 1. The molecule has 0 saturated heterocycles. The number of benzene rings is 2. The molecule has 0 spiro atoms. The van der Waals surface area contributed by atoms with Gasteiger partial charge in [0.05, 0.1) is 16.4 Å². The highest BCUT2D eigenvalue weighted by molar-refractivity contribution is 8.12. The van der Waals surface area contributed by atoms with E-state index in [4.69, 9.17) is 11.6 Å². The molecule has 0 aliphatic carbocycles. The van der Waals surface area contributed by atoms with Gasteiger partial charge < -0.3 is 0 Å². The maximum atomic E-state index is 6.31. The first-order chi connectivity index (χ1) is 12.1. The van der Waals surface area contributed by atoms with Crippen LogP contribution in [0, 0.1) is 0 Å². The molecule has 25 heavy (non-hydrogen) atoms. The standard InChI is InChI=1S/C20H17ClN2S2/c1-14(23(22-2)18-10-4-3-9-17(18)21)19-11-6-12-20(25-19)15-7-5-8-16(24)13-15/h3-5,7-13,24H,1-2,6H2. The normalized spacial score (nSPS) is 13.7. The van der Waals surface area contributed by atoms with Crippen LogP contribution in [-0.2, 0) is 0 Å². The van der Waals surface area contributed by atoms with E-state index >= 15 is 0 Å². The predicted octanol–water partition coefficient (Wildman–Crippen LogP) is 6.63. The van der Waals surface area contributed by atoms with E-state index in [1.54, 1.807) is 16.8 Å². The molecule has 0 unspecified atom stereocenters. The topological polar surface area (TPSA) is 15.6 Å². The number of thiol groups is 1. The van der Waals surface area contributed by atoms with Crippen molar-refractivity contribution in [3.63, 3.8) is 0 Å². The summed E-state index contributed by atoms with van der Waals surface area (Å²) in [5, 5.41) is 6.41. The van der Waals surface area contributed by atoms with Crippen molar-refractivity contribution in [1.82, 2.24) is 0 Å². The fraction of sp³-hybridized carbons (Fsp3) is 0.0500. The van der Waals surface area contributed by atoms with Gasteiger partial charge in [0.15, 0.2) is 0 Å². The molecule has 0 aromatic heterocycles. The van der Waals surface area contributed by atoms with Crippen LogP contribution >= 0.6 is 36.0 Å². The monoisotopic (exact) mass is 384 g/mol. The van der Waals surface area contributed by atoms with Crippen LogP contribution < -0.4 is 5.01 Å². The molecule has 5 heteroatoms. The van der Waals surface area contributed by atoms with E-state index in [1.807, 2.05) is 36.4 Å². The van der Waals surface area contributed by atoms with Crippen molar-refractivity contribution in [3.05, 3.63) is 88.5 Å². The summed E-state index contributed by atoms with van der Waals surface area (Å²) in [6, 6.07) is 15.7. The molecule has 0 fully saturated rings. The summed E-state index contributed by atoms with van der Waals surface area (Å²) in [7, 11) is 0. The Morgan fingerprint density at radius 2 is 1.96 bits per heavy atom. The summed E-state index contributed by atoms with van der Waals surface area (Å²) in [5.74, 6) is 0. The van der Waals surface area contributed by atoms with Gasteiger partial charge >= 0.3 is 0 Å². The number of hydrazone groups is 1. The molecule has 0 saturated carbocycles. The van der Waals surface area contributed by atoms with Crippen LogP contribution in [0.5, 0.6) is 0 Å². The molecule has 2 nitrogen and oxygen atoms in total. The third kappa shape index (κ3) is 4.03. The molecule has 0 amide bonds. The van der Waals surface area contributed by atoms with Crippen molar-refractivity contribution >= 4 is 53.3 Å². The average Bonchev–Trinajstić information content (AvgIpc) is 2.64. The van der Waals surface area contributed by atoms with Gasteiger partial charge in [0.1, 0.15) is 0 Å². The predicted molar refractivity (Wildman–Crippen MR) is 115 cm³/mol. The summed E-state index contributed by atoms with van der Waals surface area (Å²) >= 11 is 12.4. The van der Waals surface area contributed by atoms with Gasteiger partial charge in [-0.1, -0.05) is 66.4 Å². The highest BCUT2D eigenvalue weighted by Gasteiger charge is 2.19. The Bertz CT molecular complexity index is 887. The van der Waals surface area contributed by atoms with Gasteiger partial charge in [-0.2, -0.15) is 5.10 Å². The molecule has 1 aliphatic rings. The Morgan fingerprint density at radius 3 is 2.68 bits per heavy atom. The molecule has 2 aromatic rings. The Morgan fingerprint density at radius 1 is 1.16 bits per heavy atom. The lowest BCUT2D eigenvalue weighted by Crippen LogP contribution is -2.16. The molecule has 0 radical (unpaired) electrons. The average molecular weight is 385 g/mol. The van der Waals surface area contributed by atoms with E-state index in [2.05, 4.69) is 55.3 Å². The van der Waals surface area contributed by atoms with Crippen LogP contribution in [0.4, 0.5) is 5.69 Å². The molecule has 126 valence electrons. The van der Waals surface area contributed by atoms with Crippen LogP contribution in [0.25, 0.3) is 4.91 Å².